The van der Waals surface area contributed by atoms with E-state index in [2.05, 4.69) is 23.5 Å². The molecule has 3 aromatic rings. The first-order valence-electron chi connectivity index (χ1n) is 9.37. The largest absolute Gasteiger partial charge is 0.322 e. The maximum atomic E-state index is 12.9. The van der Waals surface area contributed by atoms with Crippen LogP contribution in [0.15, 0.2) is 77.7 Å². The minimum absolute atomic E-state index is 0.300. The summed E-state index contributed by atoms with van der Waals surface area (Å²) >= 11 is 1.76. The molecule has 0 atom stereocenters. The molecule has 0 aromatic heterocycles. The van der Waals surface area contributed by atoms with Crippen LogP contribution in [0.2, 0.25) is 0 Å². The van der Waals surface area contributed by atoms with E-state index in [1.165, 1.54) is 11.9 Å². The zero-order chi connectivity index (χ0) is 21.7. The molecule has 0 spiro atoms. The van der Waals surface area contributed by atoms with Crippen molar-refractivity contribution in [2.24, 2.45) is 0 Å². The van der Waals surface area contributed by atoms with Crippen LogP contribution in [0.5, 0.6) is 0 Å². The van der Waals surface area contributed by atoms with Crippen LogP contribution in [0, 0.1) is 6.92 Å². The van der Waals surface area contributed by atoms with Gasteiger partial charge in [0.05, 0.1) is 17.5 Å². The summed E-state index contributed by atoms with van der Waals surface area (Å²) in [5, 5.41) is 2.91. The number of nitrogens with zero attached hydrogens (tertiary/aromatic N) is 1. The zero-order valence-corrected chi connectivity index (χ0v) is 18.8. The molecule has 0 heterocycles. The molecule has 3 aromatic carbocycles. The van der Waals surface area contributed by atoms with Crippen LogP contribution < -0.4 is 9.62 Å². The molecule has 0 saturated heterocycles. The number of carbonyl (C=O) groups excluding carboxylic acids is 1. The van der Waals surface area contributed by atoms with E-state index in [9.17, 15) is 13.2 Å². The molecule has 1 amide bonds. The van der Waals surface area contributed by atoms with Crippen LogP contribution in [0.4, 0.5) is 11.4 Å². The number of rotatable bonds is 7. The van der Waals surface area contributed by atoms with Gasteiger partial charge in [0.15, 0.2) is 0 Å². The SMILES string of the molecule is Cc1cc(CSc2ccccc2)ccc1NC(=O)c1ccccc1N(C)S(C)(=O)=O. The van der Waals surface area contributed by atoms with E-state index < -0.39 is 10.0 Å². The number of carbonyl (C=O) groups is 1. The lowest BCUT2D eigenvalue weighted by molar-refractivity contribution is 0.102. The number of para-hydroxylation sites is 1. The van der Waals surface area contributed by atoms with Gasteiger partial charge in [-0.25, -0.2) is 8.42 Å². The topological polar surface area (TPSA) is 66.5 Å². The van der Waals surface area contributed by atoms with Crippen molar-refractivity contribution in [3.05, 3.63) is 89.5 Å². The third-order valence-corrected chi connectivity index (χ3v) is 6.95. The van der Waals surface area contributed by atoms with Gasteiger partial charge in [-0.3, -0.25) is 9.10 Å². The standard InChI is InChI=1S/C23H24N2O3S2/c1-17-15-18(16-29-19-9-5-4-6-10-19)13-14-21(17)24-23(26)20-11-7-8-12-22(20)25(2)30(3,27)28/h4-15H,16H2,1-3H3,(H,24,26). The van der Waals surface area contributed by atoms with Gasteiger partial charge in [-0.05, 0) is 48.4 Å². The number of thioether (sulfide) groups is 1. The molecule has 0 fully saturated rings. The highest BCUT2D eigenvalue weighted by atomic mass is 32.2. The highest BCUT2D eigenvalue weighted by molar-refractivity contribution is 7.98. The van der Waals surface area contributed by atoms with Gasteiger partial charge < -0.3 is 5.32 Å². The molecule has 156 valence electrons. The molecule has 5 nitrogen and oxygen atoms in total. The lowest BCUT2D eigenvalue weighted by atomic mass is 10.1. The molecule has 30 heavy (non-hydrogen) atoms. The van der Waals surface area contributed by atoms with Crippen LogP contribution in [-0.4, -0.2) is 27.6 Å². The van der Waals surface area contributed by atoms with Gasteiger partial charge >= 0.3 is 0 Å². The molecule has 0 unspecified atom stereocenters. The number of benzene rings is 3. The Bertz CT molecular complexity index is 1150. The molecule has 1 N–H and O–H groups in total. The maximum absolute atomic E-state index is 12.9. The van der Waals surface area contributed by atoms with Crippen LogP contribution in [0.3, 0.4) is 0 Å². The first-order chi connectivity index (χ1) is 14.3. The summed E-state index contributed by atoms with van der Waals surface area (Å²) in [5.74, 6) is 0.483. The molecule has 0 bridgehead atoms. The Hall–Kier alpha value is -2.77. The van der Waals surface area contributed by atoms with Gasteiger partial charge in [0.2, 0.25) is 10.0 Å². The van der Waals surface area contributed by atoms with Crippen molar-refractivity contribution < 1.29 is 13.2 Å². The molecule has 0 saturated carbocycles. The second-order valence-corrected chi connectivity index (χ2v) is 10.0. The number of aryl methyl sites for hydroxylation is 1. The molecule has 3 rings (SSSR count). The van der Waals surface area contributed by atoms with Crippen LogP contribution >= 0.6 is 11.8 Å². The number of nitrogens with one attached hydrogen (secondary N) is 1. The summed E-state index contributed by atoms with van der Waals surface area (Å²) in [4.78, 5) is 14.1. The average molecular weight is 441 g/mol. The van der Waals surface area contributed by atoms with E-state index in [1.807, 2.05) is 37.3 Å². The third kappa shape index (κ3) is 5.43. The van der Waals surface area contributed by atoms with Gasteiger partial charge in [-0.1, -0.05) is 42.5 Å². The number of anilines is 2. The fraction of sp³-hybridized carbons (Fsp3) is 0.174. The molecule has 0 aliphatic heterocycles. The van der Waals surface area contributed by atoms with Crippen LogP contribution in [0.25, 0.3) is 0 Å². The Balaban J connectivity index is 1.75. The molecule has 0 aliphatic carbocycles. The van der Waals surface area contributed by atoms with E-state index in [1.54, 1.807) is 36.0 Å². The monoisotopic (exact) mass is 440 g/mol. The fourth-order valence-electron chi connectivity index (χ4n) is 2.95. The Labute approximate surface area is 182 Å². The summed E-state index contributed by atoms with van der Waals surface area (Å²) in [7, 11) is -2.04. The predicted molar refractivity (Wildman–Crippen MR) is 125 cm³/mol. The molecule has 7 heteroatoms. The highest BCUT2D eigenvalue weighted by Gasteiger charge is 2.19. The molecule has 0 aliphatic rings. The van der Waals surface area contributed by atoms with E-state index in [0.29, 0.717) is 16.9 Å². The van der Waals surface area contributed by atoms with Gasteiger partial charge in [0.1, 0.15) is 0 Å². The van der Waals surface area contributed by atoms with Gasteiger partial charge in [0, 0.05) is 23.4 Å². The Morgan fingerprint density at radius 2 is 1.67 bits per heavy atom. The average Bonchev–Trinajstić information content (AvgIpc) is 2.73. The predicted octanol–water partition coefficient (Wildman–Crippen LogP) is 4.94. The lowest BCUT2D eigenvalue weighted by Gasteiger charge is -2.20. The second kappa shape index (κ2) is 9.36. The van der Waals surface area contributed by atoms with Crippen molar-refractivity contribution in [1.82, 2.24) is 0 Å². The summed E-state index contributed by atoms with van der Waals surface area (Å²) < 4.78 is 24.9. The van der Waals surface area contributed by atoms with Crippen molar-refractivity contribution in [2.45, 2.75) is 17.6 Å². The summed E-state index contributed by atoms with van der Waals surface area (Å²) in [6, 6.07) is 22.8. The minimum Gasteiger partial charge on any atom is -0.322 e. The first kappa shape index (κ1) is 21.9. The van der Waals surface area contributed by atoms with E-state index in [0.717, 1.165) is 27.4 Å². The van der Waals surface area contributed by atoms with E-state index in [4.69, 9.17) is 0 Å². The Morgan fingerprint density at radius 1 is 1.00 bits per heavy atom. The van der Waals surface area contributed by atoms with Gasteiger partial charge in [-0.2, -0.15) is 0 Å². The normalized spacial score (nSPS) is 11.2. The molecule has 0 radical (unpaired) electrons. The smallest absolute Gasteiger partial charge is 0.257 e. The fourth-order valence-corrected chi connectivity index (χ4v) is 4.33. The second-order valence-electron chi connectivity index (χ2n) is 6.95. The summed E-state index contributed by atoms with van der Waals surface area (Å²) in [5.41, 5.74) is 3.45. The van der Waals surface area contributed by atoms with Crippen molar-refractivity contribution in [3.63, 3.8) is 0 Å². The van der Waals surface area contributed by atoms with Crippen molar-refractivity contribution in [1.29, 1.82) is 0 Å². The minimum atomic E-state index is -3.48. The van der Waals surface area contributed by atoms with Gasteiger partial charge in [0.25, 0.3) is 5.91 Å². The van der Waals surface area contributed by atoms with Crippen LogP contribution in [-0.2, 0) is 15.8 Å². The summed E-state index contributed by atoms with van der Waals surface area (Å²) in [6.45, 7) is 1.95. The number of hydrogen-bond acceptors (Lipinski definition) is 4. The third-order valence-electron chi connectivity index (χ3n) is 4.67. The Kier molecular flexibility index (Phi) is 6.84. The van der Waals surface area contributed by atoms with Crippen molar-refractivity contribution >= 4 is 39.1 Å². The zero-order valence-electron chi connectivity index (χ0n) is 17.1. The maximum Gasteiger partial charge on any atom is 0.257 e. The lowest BCUT2D eigenvalue weighted by Crippen LogP contribution is -2.27. The van der Waals surface area contributed by atoms with Crippen LogP contribution in [0.1, 0.15) is 21.5 Å². The first-order valence-corrected chi connectivity index (χ1v) is 12.2. The number of sulfonamides is 1. The van der Waals surface area contributed by atoms with Crippen molar-refractivity contribution in [3.8, 4) is 0 Å². The van der Waals surface area contributed by atoms with Crippen molar-refractivity contribution in [2.75, 3.05) is 22.9 Å². The molecular weight excluding hydrogens is 416 g/mol. The van der Waals surface area contributed by atoms with Gasteiger partial charge in [-0.15, -0.1) is 11.8 Å². The number of hydrogen-bond donors (Lipinski definition) is 1. The number of amides is 1. The van der Waals surface area contributed by atoms with E-state index in [-0.39, 0.29) is 5.91 Å². The highest BCUT2D eigenvalue weighted by Crippen LogP contribution is 2.26. The molecular formula is C23H24N2O3S2. The Morgan fingerprint density at radius 3 is 2.33 bits per heavy atom. The van der Waals surface area contributed by atoms with E-state index >= 15 is 0 Å². The quantitative estimate of drug-likeness (QED) is 0.529. The summed E-state index contributed by atoms with van der Waals surface area (Å²) in [6.07, 6.45) is 1.11.